The summed E-state index contributed by atoms with van der Waals surface area (Å²) in [6.45, 7) is 0. The fraction of sp³-hybridized carbons (Fsp3) is 0.125. The van der Waals surface area contributed by atoms with E-state index in [-0.39, 0.29) is 0 Å². The maximum absolute atomic E-state index is 11.1. The molecule has 0 aliphatic rings. The number of carbonyl (C=O) groups excluding carboxylic acids is 1. The van der Waals surface area contributed by atoms with Gasteiger partial charge in [-0.15, -0.1) is 0 Å². The van der Waals surface area contributed by atoms with Gasteiger partial charge in [0.15, 0.2) is 5.78 Å². The highest BCUT2D eigenvalue weighted by molar-refractivity contribution is 7.73. The Kier molecular flexibility index (Phi) is 3.45. The largest absolute Gasteiger partial charge is 0.293 e. The van der Waals surface area contributed by atoms with Crippen molar-refractivity contribution in [2.24, 2.45) is 0 Å². The minimum Gasteiger partial charge on any atom is -0.293 e. The topological polar surface area (TPSA) is 51.2 Å². The Morgan fingerprint density at radius 1 is 1.23 bits per heavy atom. The average Bonchev–Trinajstić information content (AvgIpc) is 2.04. The van der Waals surface area contributed by atoms with Gasteiger partial charge in [-0.2, -0.15) is 0 Å². The average molecular weight is 219 g/mol. The third-order valence-electron chi connectivity index (χ3n) is 1.44. The molecule has 0 heterocycles. The number of hydrogen-bond donors (Lipinski definition) is 1. The zero-order valence-electron chi connectivity index (χ0n) is 6.57. The summed E-state index contributed by atoms with van der Waals surface area (Å²) in [4.78, 5) is 11.1. The molecule has 13 heavy (non-hydrogen) atoms. The van der Waals surface area contributed by atoms with Gasteiger partial charge < -0.3 is 0 Å². The van der Waals surface area contributed by atoms with Crippen LogP contribution in [0.4, 0.5) is 0 Å². The summed E-state index contributed by atoms with van der Waals surface area (Å²) >= 11 is 5.59. The number of benzene rings is 1. The Labute approximate surface area is 82.3 Å². The molecule has 0 aliphatic heterocycles. The van der Waals surface area contributed by atoms with Crippen LogP contribution in [0.3, 0.4) is 0 Å². The molecule has 0 fully saturated rings. The van der Waals surface area contributed by atoms with E-state index in [9.17, 15) is 13.2 Å². The summed E-state index contributed by atoms with van der Waals surface area (Å²) in [6.07, 6.45) is 0. The molecule has 1 aromatic rings. The molecule has 70 valence electrons. The van der Waals surface area contributed by atoms with Gasteiger partial charge in [-0.1, -0.05) is 11.6 Å². The Bertz CT molecular complexity index is 373. The smallest absolute Gasteiger partial charge is 0.177 e. The zero-order chi connectivity index (χ0) is 9.84. The van der Waals surface area contributed by atoms with E-state index in [2.05, 4.69) is 0 Å². The molecule has 0 unspecified atom stereocenters. The van der Waals surface area contributed by atoms with E-state index in [4.69, 9.17) is 11.6 Å². The SMILES string of the molecule is O=C(C[SH](=O)=O)c1ccc(Cl)cc1. The monoisotopic (exact) mass is 218 g/mol. The summed E-state index contributed by atoms with van der Waals surface area (Å²) in [5.41, 5.74) is 0.364. The van der Waals surface area contributed by atoms with E-state index in [0.717, 1.165) is 0 Å². The predicted molar refractivity (Wildman–Crippen MR) is 51.0 cm³/mol. The Balaban J connectivity index is 2.83. The first-order valence-electron chi connectivity index (χ1n) is 3.50. The van der Waals surface area contributed by atoms with Crippen molar-refractivity contribution in [2.75, 3.05) is 5.75 Å². The maximum atomic E-state index is 11.1. The highest BCUT2D eigenvalue weighted by Crippen LogP contribution is 2.09. The predicted octanol–water partition coefficient (Wildman–Crippen LogP) is 1.13. The van der Waals surface area contributed by atoms with E-state index >= 15 is 0 Å². The number of thiol groups is 1. The van der Waals surface area contributed by atoms with Gasteiger partial charge in [0.25, 0.3) is 0 Å². The fourth-order valence-electron chi connectivity index (χ4n) is 0.844. The number of hydrogen-bond acceptors (Lipinski definition) is 3. The van der Waals surface area contributed by atoms with Crippen molar-refractivity contribution in [2.45, 2.75) is 0 Å². The van der Waals surface area contributed by atoms with Crippen molar-refractivity contribution >= 4 is 28.1 Å². The van der Waals surface area contributed by atoms with Gasteiger partial charge in [0.05, 0.1) is 0 Å². The van der Waals surface area contributed by atoms with Crippen LogP contribution in [0.15, 0.2) is 24.3 Å². The van der Waals surface area contributed by atoms with Crippen molar-refractivity contribution in [1.29, 1.82) is 0 Å². The first-order valence-corrected chi connectivity index (χ1v) is 5.24. The van der Waals surface area contributed by atoms with Crippen LogP contribution in [-0.2, 0) is 10.7 Å². The zero-order valence-corrected chi connectivity index (χ0v) is 8.22. The van der Waals surface area contributed by atoms with Gasteiger partial charge in [-0.25, -0.2) is 8.42 Å². The third kappa shape index (κ3) is 3.16. The van der Waals surface area contributed by atoms with Crippen molar-refractivity contribution in [3.05, 3.63) is 34.9 Å². The standard InChI is InChI=1S/C8H7ClO3S/c9-7-3-1-6(2-4-7)8(10)5-13(11)12/h1-4,13H,5H2. The summed E-state index contributed by atoms with van der Waals surface area (Å²) in [7, 11) is -2.65. The van der Waals surface area contributed by atoms with Crippen LogP contribution < -0.4 is 0 Å². The second kappa shape index (κ2) is 4.39. The lowest BCUT2D eigenvalue weighted by molar-refractivity contribution is 0.102. The van der Waals surface area contributed by atoms with Gasteiger partial charge in [-0.05, 0) is 24.3 Å². The summed E-state index contributed by atoms with van der Waals surface area (Å²) in [5, 5.41) is 0.517. The van der Waals surface area contributed by atoms with Gasteiger partial charge in [0.2, 0.25) is 0 Å². The van der Waals surface area contributed by atoms with E-state index in [1.165, 1.54) is 12.1 Å². The Morgan fingerprint density at radius 2 is 1.77 bits per heavy atom. The minimum atomic E-state index is -2.65. The van der Waals surface area contributed by atoms with Crippen molar-refractivity contribution in [3.63, 3.8) is 0 Å². The van der Waals surface area contributed by atoms with Crippen LogP contribution in [0.2, 0.25) is 5.02 Å². The molecule has 1 aromatic carbocycles. The highest BCUT2D eigenvalue weighted by Gasteiger charge is 2.05. The summed E-state index contributed by atoms with van der Waals surface area (Å²) < 4.78 is 20.5. The lowest BCUT2D eigenvalue weighted by Gasteiger charge is -1.95. The molecule has 0 aromatic heterocycles. The molecule has 0 aliphatic carbocycles. The van der Waals surface area contributed by atoms with Gasteiger partial charge >= 0.3 is 0 Å². The van der Waals surface area contributed by atoms with Crippen LogP contribution in [0, 0.1) is 0 Å². The normalized spacial score (nSPS) is 10.3. The second-order valence-electron chi connectivity index (χ2n) is 2.42. The second-order valence-corrected chi connectivity index (χ2v) is 3.84. The van der Waals surface area contributed by atoms with Crippen LogP contribution in [0.5, 0.6) is 0 Å². The van der Waals surface area contributed by atoms with E-state index in [1.54, 1.807) is 12.1 Å². The Hall–Kier alpha value is -0.870. The van der Waals surface area contributed by atoms with Crippen LogP contribution >= 0.6 is 11.6 Å². The molecule has 0 amide bonds. The molecule has 0 saturated carbocycles. The van der Waals surface area contributed by atoms with Crippen LogP contribution in [-0.4, -0.2) is 20.0 Å². The highest BCUT2D eigenvalue weighted by atomic mass is 35.5. The number of Topliss-reactive ketones (excluding diaryl/α,β-unsaturated/α-hetero) is 1. The molecule has 0 saturated heterocycles. The quantitative estimate of drug-likeness (QED) is 0.611. The molecule has 3 nitrogen and oxygen atoms in total. The minimum absolute atomic E-state index is 0.364. The number of halogens is 1. The van der Waals surface area contributed by atoms with Gasteiger partial charge in [-0.3, -0.25) is 4.79 Å². The van der Waals surface area contributed by atoms with Crippen molar-refractivity contribution in [3.8, 4) is 0 Å². The van der Waals surface area contributed by atoms with Crippen LogP contribution in [0.1, 0.15) is 10.4 Å². The molecule has 0 N–H and O–H groups in total. The molecular weight excluding hydrogens is 212 g/mol. The number of carbonyl (C=O) groups is 1. The van der Waals surface area contributed by atoms with Gasteiger partial charge in [0.1, 0.15) is 16.5 Å². The van der Waals surface area contributed by atoms with Gasteiger partial charge in [0, 0.05) is 10.6 Å². The molecule has 0 spiro atoms. The molecule has 0 radical (unpaired) electrons. The number of ketones is 1. The molecule has 5 heteroatoms. The maximum Gasteiger partial charge on any atom is 0.177 e. The lowest BCUT2D eigenvalue weighted by atomic mass is 10.1. The fourth-order valence-corrected chi connectivity index (χ4v) is 1.39. The lowest BCUT2D eigenvalue weighted by Crippen LogP contribution is -2.05. The molecule has 1 rings (SSSR count). The van der Waals surface area contributed by atoms with E-state index in [1.807, 2.05) is 0 Å². The Morgan fingerprint density at radius 3 is 2.23 bits per heavy atom. The number of rotatable bonds is 3. The first kappa shape index (κ1) is 10.2. The molecule has 0 atom stereocenters. The van der Waals surface area contributed by atoms with Crippen molar-refractivity contribution < 1.29 is 13.2 Å². The summed E-state index contributed by atoms with van der Waals surface area (Å²) in [6, 6.07) is 6.10. The van der Waals surface area contributed by atoms with Crippen LogP contribution in [0.25, 0.3) is 0 Å². The first-order chi connectivity index (χ1) is 6.09. The van der Waals surface area contributed by atoms with E-state index < -0.39 is 22.2 Å². The third-order valence-corrected chi connectivity index (χ3v) is 2.24. The van der Waals surface area contributed by atoms with E-state index in [0.29, 0.717) is 10.6 Å². The molecule has 0 bridgehead atoms. The summed E-state index contributed by atoms with van der Waals surface area (Å²) in [5.74, 6) is -0.857. The van der Waals surface area contributed by atoms with Crippen molar-refractivity contribution in [1.82, 2.24) is 0 Å². The molecular formula is C8H7ClO3S.